The van der Waals surface area contributed by atoms with Gasteiger partial charge in [0.15, 0.2) is 5.58 Å². The van der Waals surface area contributed by atoms with E-state index in [0.29, 0.717) is 11.5 Å². The van der Waals surface area contributed by atoms with E-state index < -0.39 is 0 Å². The summed E-state index contributed by atoms with van der Waals surface area (Å²) in [6.45, 7) is 7.31. The highest BCUT2D eigenvalue weighted by Gasteiger charge is 2.54. The molecule has 2 nitrogen and oxygen atoms in total. The Morgan fingerprint density at radius 1 is 0.923 bits per heavy atom. The topological polar surface area (TPSA) is 16.4 Å². The first kappa shape index (κ1) is 16.2. The van der Waals surface area contributed by atoms with Gasteiger partial charge in [-0.05, 0) is 57.6 Å². The van der Waals surface area contributed by atoms with E-state index in [1.54, 1.807) is 0 Å². The molecular formula is C24H29NO. The molecule has 2 heterocycles. The fourth-order valence-electron chi connectivity index (χ4n) is 6.20. The summed E-state index contributed by atoms with van der Waals surface area (Å²) in [5.41, 5.74) is 3.95. The van der Waals surface area contributed by atoms with Crippen molar-refractivity contribution in [3.05, 3.63) is 42.5 Å². The average Bonchev–Trinajstić information content (AvgIpc) is 3.09. The number of fused-ring (bicyclic) bond motifs is 3. The van der Waals surface area contributed by atoms with E-state index in [4.69, 9.17) is 4.42 Å². The summed E-state index contributed by atoms with van der Waals surface area (Å²) in [7, 11) is 0. The van der Waals surface area contributed by atoms with E-state index in [9.17, 15) is 0 Å². The minimum atomic E-state index is 0.157. The van der Waals surface area contributed by atoms with Gasteiger partial charge in [-0.25, -0.2) is 0 Å². The highest BCUT2D eigenvalue weighted by molar-refractivity contribution is 6.09. The lowest BCUT2D eigenvalue weighted by Crippen LogP contribution is -2.44. The smallest absolute Gasteiger partial charge is 0.158 e. The maximum Gasteiger partial charge on any atom is 0.158 e. The number of nitrogens with zero attached hydrogens (tertiary/aromatic N) is 1. The molecule has 2 heteroatoms. The summed E-state index contributed by atoms with van der Waals surface area (Å²) in [5, 5.41) is 2.46. The Hall–Kier alpha value is -1.96. The second-order valence-corrected chi connectivity index (χ2v) is 9.21. The molecule has 1 aliphatic carbocycles. The predicted molar refractivity (Wildman–Crippen MR) is 110 cm³/mol. The molecule has 0 bridgehead atoms. The van der Waals surface area contributed by atoms with Crippen LogP contribution in [0.3, 0.4) is 0 Å². The van der Waals surface area contributed by atoms with Crippen molar-refractivity contribution in [3.8, 4) is 0 Å². The van der Waals surface area contributed by atoms with Crippen LogP contribution in [0.15, 0.2) is 46.9 Å². The minimum absolute atomic E-state index is 0.157. The van der Waals surface area contributed by atoms with Crippen molar-refractivity contribution in [2.24, 2.45) is 5.41 Å². The first-order chi connectivity index (χ1) is 12.5. The van der Waals surface area contributed by atoms with Crippen LogP contribution < -0.4 is 4.90 Å². The maximum atomic E-state index is 6.37. The molecule has 1 saturated carbocycles. The largest absolute Gasteiger partial charge is 0.454 e. The first-order valence-electron chi connectivity index (χ1n) is 10.2. The predicted octanol–water partition coefficient (Wildman–Crippen LogP) is 6.91. The molecule has 1 aromatic heterocycles. The quantitative estimate of drug-likeness (QED) is 0.475. The highest BCUT2D eigenvalue weighted by atomic mass is 16.3. The molecule has 1 atom stereocenters. The van der Waals surface area contributed by atoms with Crippen LogP contribution in [0.25, 0.3) is 21.9 Å². The van der Waals surface area contributed by atoms with E-state index in [1.165, 1.54) is 55.0 Å². The standard InChI is InChI=1S/C24H29NO/c1-17-24(14-7-4-8-15-24)16-23(2,3)25(17)20-12-9-11-19-18-10-5-6-13-21(18)26-22(19)20/h5-6,9-13,17H,4,7-8,14-16H2,1-3H3. The second-order valence-electron chi connectivity index (χ2n) is 9.21. The van der Waals surface area contributed by atoms with Gasteiger partial charge in [0, 0.05) is 22.4 Å². The van der Waals surface area contributed by atoms with Crippen molar-refractivity contribution in [1.82, 2.24) is 0 Å². The molecule has 2 aliphatic rings. The van der Waals surface area contributed by atoms with Crippen LogP contribution in [0.5, 0.6) is 0 Å². The van der Waals surface area contributed by atoms with Gasteiger partial charge in [-0.15, -0.1) is 0 Å². The van der Waals surface area contributed by atoms with Crippen LogP contribution in [-0.2, 0) is 0 Å². The number of para-hydroxylation sites is 2. The van der Waals surface area contributed by atoms with Crippen molar-refractivity contribution in [1.29, 1.82) is 0 Å². The van der Waals surface area contributed by atoms with Crippen LogP contribution in [0.1, 0.15) is 59.3 Å². The Kier molecular flexibility index (Phi) is 3.44. The van der Waals surface area contributed by atoms with Gasteiger partial charge in [0.05, 0.1) is 5.69 Å². The van der Waals surface area contributed by atoms with Gasteiger partial charge in [0.2, 0.25) is 0 Å². The number of furan rings is 1. The van der Waals surface area contributed by atoms with Crippen molar-refractivity contribution >= 4 is 27.6 Å². The molecule has 1 spiro atoms. The minimum Gasteiger partial charge on any atom is -0.454 e. The molecule has 26 heavy (non-hydrogen) atoms. The molecule has 0 radical (unpaired) electrons. The number of anilines is 1. The number of hydrogen-bond donors (Lipinski definition) is 0. The van der Waals surface area contributed by atoms with Crippen molar-refractivity contribution in [2.75, 3.05) is 4.90 Å². The lowest BCUT2D eigenvalue weighted by Gasteiger charge is -2.40. The van der Waals surface area contributed by atoms with E-state index in [1.807, 2.05) is 0 Å². The first-order valence-corrected chi connectivity index (χ1v) is 10.2. The van der Waals surface area contributed by atoms with Gasteiger partial charge in [-0.3, -0.25) is 0 Å². The molecule has 1 aliphatic heterocycles. The Bertz CT molecular complexity index is 961. The third-order valence-electron chi connectivity index (χ3n) is 7.20. The van der Waals surface area contributed by atoms with E-state index >= 15 is 0 Å². The zero-order chi connectivity index (χ0) is 17.9. The lowest BCUT2D eigenvalue weighted by atomic mass is 9.68. The molecule has 2 fully saturated rings. The van der Waals surface area contributed by atoms with Crippen molar-refractivity contribution < 1.29 is 4.42 Å². The van der Waals surface area contributed by atoms with Gasteiger partial charge >= 0.3 is 0 Å². The molecule has 3 aromatic rings. The third-order valence-corrected chi connectivity index (χ3v) is 7.20. The summed E-state index contributed by atoms with van der Waals surface area (Å²) < 4.78 is 6.37. The molecule has 2 aromatic carbocycles. The SMILES string of the molecule is CC1N(c2cccc3c2oc2ccccc23)C(C)(C)CC12CCCCC2. The van der Waals surface area contributed by atoms with Crippen LogP contribution in [0.4, 0.5) is 5.69 Å². The molecule has 1 unspecified atom stereocenters. The molecular weight excluding hydrogens is 318 g/mol. The van der Waals surface area contributed by atoms with Crippen LogP contribution in [0.2, 0.25) is 0 Å². The Balaban J connectivity index is 1.69. The van der Waals surface area contributed by atoms with E-state index in [0.717, 1.165) is 11.2 Å². The zero-order valence-electron chi connectivity index (χ0n) is 16.2. The Morgan fingerprint density at radius 2 is 1.65 bits per heavy atom. The number of benzene rings is 2. The summed E-state index contributed by atoms with van der Waals surface area (Å²) >= 11 is 0. The fraction of sp³-hybridized carbons (Fsp3) is 0.500. The average molecular weight is 348 g/mol. The van der Waals surface area contributed by atoms with Gasteiger partial charge in [-0.1, -0.05) is 49.6 Å². The number of rotatable bonds is 1. The summed E-state index contributed by atoms with van der Waals surface area (Å²) in [6, 6.07) is 15.6. The van der Waals surface area contributed by atoms with E-state index in [2.05, 4.69) is 68.1 Å². The van der Waals surface area contributed by atoms with Gasteiger partial charge in [0.25, 0.3) is 0 Å². The Labute approximate surface area is 156 Å². The van der Waals surface area contributed by atoms with Gasteiger partial charge < -0.3 is 9.32 Å². The summed E-state index contributed by atoms with van der Waals surface area (Å²) in [4.78, 5) is 2.68. The zero-order valence-corrected chi connectivity index (χ0v) is 16.2. The fourth-order valence-corrected chi connectivity index (χ4v) is 6.20. The van der Waals surface area contributed by atoms with Crippen LogP contribution in [0, 0.1) is 5.41 Å². The molecule has 0 N–H and O–H groups in total. The monoisotopic (exact) mass is 347 g/mol. The van der Waals surface area contributed by atoms with Crippen molar-refractivity contribution in [2.45, 2.75) is 70.9 Å². The number of hydrogen-bond acceptors (Lipinski definition) is 2. The van der Waals surface area contributed by atoms with E-state index in [-0.39, 0.29) is 5.54 Å². The molecule has 1 saturated heterocycles. The maximum absolute atomic E-state index is 6.37. The Morgan fingerprint density at radius 3 is 2.46 bits per heavy atom. The van der Waals surface area contributed by atoms with Crippen LogP contribution in [-0.4, -0.2) is 11.6 Å². The third kappa shape index (κ3) is 2.17. The highest BCUT2D eigenvalue weighted by Crippen LogP contribution is 2.56. The molecule has 5 rings (SSSR count). The van der Waals surface area contributed by atoms with Gasteiger partial charge in [0.1, 0.15) is 5.58 Å². The molecule has 136 valence electrons. The second kappa shape index (κ2) is 5.52. The summed E-state index contributed by atoms with van der Waals surface area (Å²) in [6.07, 6.45) is 8.24. The molecule has 0 amide bonds. The van der Waals surface area contributed by atoms with Crippen molar-refractivity contribution in [3.63, 3.8) is 0 Å². The van der Waals surface area contributed by atoms with Crippen LogP contribution >= 0.6 is 0 Å². The normalized spacial score (nSPS) is 24.7. The summed E-state index contributed by atoms with van der Waals surface area (Å²) in [5.74, 6) is 0. The lowest BCUT2D eigenvalue weighted by molar-refractivity contribution is 0.170. The van der Waals surface area contributed by atoms with Gasteiger partial charge in [-0.2, -0.15) is 0 Å².